The monoisotopic (exact) mass is 364 g/mol. The van der Waals surface area contributed by atoms with Gasteiger partial charge in [-0.25, -0.2) is 0 Å². The summed E-state index contributed by atoms with van der Waals surface area (Å²) in [7, 11) is 0. The first-order valence-electron chi connectivity index (χ1n) is 9.25. The largest absolute Gasteiger partial charge is 1.00 e. The minimum atomic E-state index is -1.12. The summed E-state index contributed by atoms with van der Waals surface area (Å²) in [5.41, 5.74) is 0. The number of hydrogen-bond donors (Lipinski definition) is 2. The Hall–Kier alpha value is -0.590. The van der Waals surface area contributed by atoms with Crippen LogP contribution in [0.3, 0.4) is 0 Å². The summed E-state index contributed by atoms with van der Waals surface area (Å²) in [5.74, 6) is -1.93. The van der Waals surface area contributed by atoms with Crippen LogP contribution in [0, 0.1) is 0 Å². The van der Waals surface area contributed by atoms with E-state index in [-0.39, 0.29) is 42.0 Å². The molecule has 0 bridgehead atoms. The van der Waals surface area contributed by atoms with Crippen LogP contribution < -0.4 is 40.0 Å². The topological polar surface area (TPSA) is 102 Å². The van der Waals surface area contributed by atoms with Gasteiger partial charge in [0.05, 0.1) is 0 Å². The number of carbonyl (C=O) groups is 2. The van der Waals surface area contributed by atoms with Crippen molar-refractivity contribution >= 4 is 17.8 Å². The Kier molecular flexibility index (Phi) is 21.0. The molecule has 0 aromatic rings. The van der Waals surface area contributed by atoms with Gasteiger partial charge in [0.1, 0.15) is 13.1 Å². The summed E-state index contributed by atoms with van der Waals surface area (Å²) in [5, 5.41) is 22.0. The number of unbranched alkanes of at least 4 members (excludes halogenated alkanes) is 10. The summed E-state index contributed by atoms with van der Waals surface area (Å²) in [6, 6.07) is 0. The summed E-state index contributed by atoms with van der Waals surface area (Å²) in [6.45, 7) is 1.50. The molecular weight excluding hydrogens is 331 g/mol. The molecule has 140 valence electrons. The minimum Gasteiger partial charge on any atom is -0.862 e. The van der Waals surface area contributed by atoms with Gasteiger partial charge in [0.2, 0.25) is 5.91 Å². The second-order valence-electron chi connectivity index (χ2n) is 6.17. The van der Waals surface area contributed by atoms with Crippen molar-refractivity contribution in [1.29, 1.82) is 0 Å². The third-order valence-electron chi connectivity index (χ3n) is 3.83. The molecule has 7 heteroatoms. The molecule has 0 aromatic carbocycles. The van der Waals surface area contributed by atoms with Crippen molar-refractivity contribution < 1.29 is 49.4 Å². The number of hydrogen-bond acceptors (Lipinski definition) is 4. The molecule has 0 aliphatic rings. The number of carbonyl (C=O) groups excluding carboxylic acids is 1. The van der Waals surface area contributed by atoms with Crippen molar-refractivity contribution in [3.05, 3.63) is 0 Å². The molecule has 0 saturated carbocycles. The van der Waals surface area contributed by atoms with Crippen LogP contribution in [0.1, 0.15) is 84.0 Å². The van der Waals surface area contributed by atoms with Gasteiger partial charge >= 0.3 is 35.5 Å². The first-order valence-corrected chi connectivity index (χ1v) is 9.25. The Labute approximate surface area is 174 Å². The van der Waals surface area contributed by atoms with Crippen molar-refractivity contribution in [1.82, 2.24) is 5.32 Å². The van der Waals surface area contributed by atoms with E-state index in [0.29, 0.717) is 6.42 Å². The predicted octanol–water partition coefficient (Wildman–Crippen LogP) is -0.349. The van der Waals surface area contributed by atoms with Gasteiger partial charge in [-0.2, -0.15) is 0 Å². The van der Waals surface area contributed by atoms with Crippen LogP contribution >= 0.6 is 0 Å². The Bertz CT molecular complexity index is 376. The summed E-state index contributed by atoms with van der Waals surface area (Å²) >= 11 is 0. The van der Waals surface area contributed by atoms with Crippen molar-refractivity contribution in [2.45, 2.75) is 84.0 Å². The second-order valence-corrected chi connectivity index (χ2v) is 6.17. The fraction of sp³-hybridized carbons (Fsp3) is 0.833. The van der Waals surface area contributed by atoms with E-state index in [1.54, 1.807) is 0 Å². The number of amides is 1. The zero-order chi connectivity index (χ0) is 18.0. The van der Waals surface area contributed by atoms with Gasteiger partial charge in [0.25, 0.3) is 0 Å². The summed E-state index contributed by atoms with van der Waals surface area (Å²) < 4.78 is 0. The van der Waals surface area contributed by atoms with Crippen LogP contribution in [-0.4, -0.2) is 36.0 Å². The quantitative estimate of drug-likeness (QED) is 0.169. The molecule has 0 radical (unpaired) electrons. The maximum absolute atomic E-state index is 11.5. The average molecular weight is 364 g/mol. The van der Waals surface area contributed by atoms with E-state index in [1.165, 1.54) is 51.4 Å². The number of aliphatic carboxylic acids is 1. The van der Waals surface area contributed by atoms with Gasteiger partial charge in [-0.05, 0) is 18.7 Å². The normalized spacial score (nSPS) is 11.0. The van der Waals surface area contributed by atoms with Gasteiger partial charge in [0.15, 0.2) is 0 Å². The molecule has 0 fully saturated rings. The molecule has 0 rings (SSSR count). The van der Waals surface area contributed by atoms with Crippen molar-refractivity contribution in [3.8, 4) is 0 Å². The molecule has 6 nitrogen and oxygen atoms in total. The third kappa shape index (κ3) is 21.4. The van der Waals surface area contributed by atoms with E-state index in [1.807, 2.05) is 0 Å². The average Bonchev–Trinajstić information content (AvgIpc) is 2.56. The molecule has 0 aliphatic carbocycles. The van der Waals surface area contributed by atoms with Crippen LogP contribution in [0.4, 0.5) is 0 Å². The van der Waals surface area contributed by atoms with Gasteiger partial charge in [-0.15, -0.1) is 0 Å². The second kappa shape index (κ2) is 19.7. The van der Waals surface area contributed by atoms with Gasteiger partial charge in [0, 0.05) is 0 Å². The first-order chi connectivity index (χ1) is 11.6. The van der Waals surface area contributed by atoms with E-state index in [4.69, 9.17) is 5.11 Å². The molecule has 0 aliphatic heterocycles. The van der Waals surface area contributed by atoms with Gasteiger partial charge < -0.3 is 15.5 Å². The number of rotatable bonds is 16. The van der Waals surface area contributed by atoms with Crippen LogP contribution in [0.5, 0.6) is 0 Å². The molecular formula is C18H33N2NaO4. The van der Waals surface area contributed by atoms with E-state index < -0.39 is 18.4 Å². The number of aliphatic imine (C=N–C) groups is 1. The zero-order valence-electron chi connectivity index (χ0n) is 16.0. The van der Waals surface area contributed by atoms with Gasteiger partial charge in [-0.1, -0.05) is 71.1 Å². The minimum absolute atomic E-state index is 0. The van der Waals surface area contributed by atoms with E-state index in [9.17, 15) is 14.7 Å². The molecule has 1 amide bonds. The van der Waals surface area contributed by atoms with E-state index >= 15 is 0 Å². The summed E-state index contributed by atoms with van der Waals surface area (Å²) in [4.78, 5) is 25.1. The van der Waals surface area contributed by atoms with E-state index in [2.05, 4.69) is 17.2 Å². The van der Waals surface area contributed by atoms with Crippen LogP contribution in [0.15, 0.2) is 4.99 Å². The molecule has 0 unspecified atom stereocenters. The number of carboxylic acids is 1. The fourth-order valence-electron chi connectivity index (χ4n) is 2.41. The van der Waals surface area contributed by atoms with Crippen LogP contribution in [0.2, 0.25) is 0 Å². The molecule has 0 heterocycles. The molecule has 0 aromatic heterocycles. The predicted molar refractivity (Wildman–Crippen MR) is 94.0 cm³/mol. The molecule has 0 atom stereocenters. The fourth-order valence-corrected chi connectivity index (χ4v) is 2.41. The number of carboxylic acid groups (broad SMARTS) is 1. The first kappa shape index (κ1) is 26.6. The standard InChI is InChI=1S/C18H34N2O4.Na/c1-2-3-4-5-6-7-8-9-10-11-12-13-16(21)19-14-17(22)20-15-18(23)24;/h2-15H2,1H3,(H,19,21)(H,20,22)(H,23,24);/q;+1/p-1. The molecule has 25 heavy (non-hydrogen) atoms. The van der Waals surface area contributed by atoms with Crippen molar-refractivity contribution in [2.75, 3.05) is 13.1 Å². The van der Waals surface area contributed by atoms with Crippen molar-refractivity contribution in [2.24, 2.45) is 4.99 Å². The maximum atomic E-state index is 11.5. The smallest absolute Gasteiger partial charge is 0.862 e. The van der Waals surface area contributed by atoms with E-state index in [0.717, 1.165) is 19.3 Å². The Morgan fingerprint density at radius 2 is 1.40 bits per heavy atom. The van der Waals surface area contributed by atoms with Crippen LogP contribution in [0.25, 0.3) is 0 Å². The zero-order valence-corrected chi connectivity index (χ0v) is 18.0. The third-order valence-corrected chi connectivity index (χ3v) is 3.83. The maximum Gasteiger partial charge on any atom is 1.00 e. The molecule has 2 N–H and O–H groups in total. The molecule has 0 saturated heterocycles. The summed E-state index contributed by atoms with van der Waals surface area (Å²) in [6.07, 6.45) is 13.8. The Morgan fingerprint density at radius 1 is 0.920 bits per heavy atom. The van der Waals surface area contributed by atoms with Crippen LogP contribution in [-0.2, 0) is 9.59 Å². The van der Waals surface area contributed by atoms with Crippen molar-refractivity contribution in [3.63, 3.8) is 0 Å². The van der Waals surface area contributed by atoms with Gasteiger partial charge in [-0.3, -0.25) is 14.6 Å². The Balaban J connectivity index is 0. The SMILES string of the molecule is CCCCCCCCCCCCCC([O-])=NCC(=O)NCC(=O)O.[Na+]. The number of nitrogens with one attached hydrogen (secondary N) is 1. The molecule has 0 spiro atoms. The number of nitrogens with zero attached hydrogens (tertiary/aromatic N) is 1. The Morgan fingerprint density at radius 3 is 1.88 bits per heavy atom.